The maximum atomic E-state index is 11.0. The van der Waals surface area contributed by atoms with Crippen molar-refractivity contribution in [1.29, 1.82) is 0 Å². The Morgan fingerprint density at radius 1 is 1.46 bits per heavy atom. The molecule has 0 atom stereocenters. The molecule has 1 N–H and O–H groups in total. The Morgan fingerprint density at radius 3 is 3.08 bits per heavy atom. The van der Waals surface area contributed by atoms with Crippen LogP contribution in [0, 0.1) is 0 Å². The highest BCUT2D eigenvalue weighted by Crippen LogP contribution is 2.31. The summed E-state index contributed by atoms with van der Waals surface area (Å²) in [6, 6.07) is 5.23. The zero-order valence-corrected chi connectivity index (χ0v) is 7.56. The molecule has 13 heavy (non-hydrogen) atoms. The molecule has 1 amide bonds. The molecule has 3 nitrogen and oxygen atoms in total. The summed E-state index contributed by atoms with van der Waals surface area (Å²) in [5, 5.41) is 2.74. The Hall–Kier alpha value is -1.29. The molecule has 1 aliphatic heterocycles. The van der Waals surface area contributed by atoms with E-state index in [0.29, 0.717) is 11.3 Å². The molecule has 0 fully saturated rings. The van der Waals surface area contributed by atoms with Gasteiger partial charge in [-0.1, -0.05) is 0 Å². The topological polar surface area (TPSA) is 46.2 Å². The van der Waals surface area contributed by atoms with E-state index in [-0.39, 0.29) is 5.91 Å². The van der Waals surface area contributed by atoms with Gasteiger partial charge in [-0.25, -0.2) is 0 Å². The van der Waals surface area contributed by atoms with E-state index < -0.39 is 0 Å². The Bertz CT molecular complexity index is 376. The predicted molar refractivity (Wildman–Crippen MR) is 51.2 cm³/mol. The SMILES string of the molecule is O=Cc1ccc2c(c1)SCC(=O)N2. The Labute approximate surface area is 79.5 Å². The quantitative estimate of drug-likeness (QED) is 0.688. The van der Waals surface area contributed by atoms with Crippen LogP contribution in [0.15, 0.2) is 23.1 Å². The van der Waals surface area contributed by atoms with Crippen molar-refractivity contribution in [2.75, 3.05) is 11.1 Å². The predicted octanol–water partition coefficient (Wildman–Crippen LogP) is 1.54. The van der Waals surface area contributed by atoms with Crippen LogP contribution in [0.25, 0.3) is 0 Å². The lowest BCUT2D eigenvalue weighted by Crippen LogP contribution is -2.18. The normalized spacial score (nSPS) is 14.6. The largest absolute Gasteiger partial charge is 0.324 e. The van der Waals surface area contributed by atoms with Gasteiger partial charge < -0.3 is 5.32 Å². The van der Waals surface area contributed by atoms with Gasteiger partial charge in [0, 0.05) is 10.5 Å². The number of carbonyl (C=O) groups is 2. The van der Waals surface area contributed by atoms with Crippen molar-refractivity contribution < 1.29 is 9.59 Å². The second-order valence-corrected chi connectivity index (χ2v) is 3.73. The number of benzene rings is 1. The third-order valence-corrected chi connectivity index (χ3v) is 2.83. The number of hydrogen-bond acceptors (Lipinski definition) is 3. The van der Waals surface area contributed by atoms with Crippen LogP contribution in [0.4, 0.5) is 5.69 Å². The van der Waals surface area contributed by atoms with E-state index in [1.807, 2.05) is 0 Å². The summed E-state index contributed by atoms with van der Waals surface area (Å²) in [5.41, 5.74) is 1.44. The van der Waals surface area contributed by atoms with Crippen molar-refractivity contribution in [3.05, 3.63) is 23.8 Å². The van der Waals surface area contributed by atoms with Gasteiger partial charge in [0.05, 0.1) is 11.4 Å². The molecule has 0 unspecified atom stereocenters. The minimum Gasteiger partial charge on any atom is -0.324 e. The van der Waals surface area contributed by atoms with Crippen molar-refractivity contribution >= 4 is 29.6 Å². The first-order valence-electron chi connectivity index (χ1n) is 3.81. The summed E-state index contributed by atoms with van der Waals surface area (Å²) in [5.74, 6) is 0.436. The summed E-state index contributed by atoms with van der Waals surface area (Å²) in [6.07, 6.45) is 0.803. The molecule has 0 spiro atoms. The van der Waals surface area contributed by atoms with Crippen LogP contribution >= 0.6 is 11.8 Å². The summed E-state index contributed by atoms with van der Waals surface area (Å²) in [4.78, 5) is 22.4. The fourth-order valence-corrected chi connectivity index (χ4v) is 2.02. The average molecular weight is 193 g/mol. The molecule has 0 radical (unpaired) electrons. The molecular formula is C9H7NO2S. The molecule has 1 aromatic rings. The number of fused-ring (bicyclic) bond motifs is 1. The molecule has 0 aromatic heterocycles. The van der Waals surface area contributed by atoms with Crippen molar-refractivity contribution in [2.24, 2.45) is 0 Å². The van der Waals surface area contributed by atoms with E-state index in [4.69, 9.17) is 0 Å². The zero-order chi connectivity index (χ0) is 9.26. The van der Waals surface area contributed by atoms with Gasteiger partial charge in [-0.2, -0.15) is 0 Å². The third kappa shape index (κ3) is 1.58. The Morgan fingerprint density at radius 2 is 2.31 bits per heavy atom. The molecule has 0 bridgehead atoms. The first kappa shape index (κ1) is 8.31. The Kier molecular flexibility index (Phi) is 2.06. The fourth-order valence-electron chi connectivity index (χ4n) is 1.16. The lowest BCUT2D eigenvalue weighted by molar-refractivity contribution is -0.113. The molecular weight excluding hydrogens is 186 g/mol. The van der Waals surface area contributed by atoms with Crippen LogP contribution in [0.2, 0.25) is 0 Å². The molecule has 1 heterocycles. The van der Waals surface area contributed by atoms with Crippen LogP contribution in [-0.4, -0.2) is 17.9 Å². The monoisotopic (exact) mass is 193 g/mol. The average Bonchev–Trinajstić information content (AvgIpc) is 2.17. The van der Waals surface area contributed by atoms with Crippen LogP contribution in [-0.2, 0) is 4.79 Å². The van der Waals surface area contributed by atoms with E-state index >= 15 is 0 Å². The number of carbonyl (C=O) groups excluding carboxylic acids is 2. The van der Waals surface area contributed by atoms with Gasteiger partial charge in [-0.3, -0.25) is 9.59 Å². The second-order valence-electron chi connectivity index (χ2n) is 2.71. The summed E-state index contributed by atoms with van der Waals surface area (Å²) >= 11 is 1.46. The maximum absolute atomic E-state index is 11.0. The van der Waals surface area contributed by atoms with Crippen LogP contribution in [0.5, 0.6) is 0 Å². The van der Waals surface area contributed by atoms with E-state index in [0.717, 1.165) is 16.9 Å². The number of thioether (sulfide) groups is 1. The maximum Gasteiger partial charge on any atom is 0.234 e. The highest BCUT2D eigenvalue weighted by molar-refractivity contribution is 8.00. The number of rotatable bonds is 1. The number of anilines is 1. The van der Waals surface area contributed by atoms with Gasteiger partial charge in [0.2, 0.25) is 5.91 Å². The van der Waals surface area contributed by atoms with E-state index in [9.17, 15) is 9.59 Å². The summed E-state index contributed by atoms with van der Waals surface area (Å²) in [6.45, 7) is 0. The second kappa shape index (κ2) is 3.22. The zero-order valence-electron chi connectivity index (χ0n) is 6.74. The van der Waals surface area contributed by atoms with Crippen molar-refractivity contribution in [1.82, 2.24) is 0 Å². The lowest BCUT2D eigenvalue weighted by Gasteiger charge is -2.15. The number of amides is 1. The molecule has 66 valence electrons. The van der Waals surface area contributed by atoms with Crippen molar-refractivity contribution in [3.8, 4) is 0 Å². The first-order chi connectivity index (χ1) is 6.29. The lowest BCUT2D eigenvalue weighted by atomic mass is 10.2. The van der Waals surface area contributed by atoms with E-state index in [2.05, 4.69) is 5.32 Å². The standard InChI is InChI=1S/C9H7NO2S/c11-4-6-1-2-7-8(3-6)13-5-9(12)10-7/h1-4H,5H2,(H,10,12). The number of aldehydes is 1. The van der Waals surface area contributed by atoms with Gasteiger partial charge in [-0.05, 0) is 18.2 Å². The highest BCUT2D eigenvalue weighted by Gasteiger charge is 2.14. The summed E-state index contributed by atoms with van der Waals surface area (Å²) in [7, 11) is 0. The highest BCUT2D eigenvalue weighted by atomic mass is 32.2. The Balaban J connectivity index is 2.42. The minimum atomic E-state index is 0.0105. The number of hydrogen-bond donors (Lipinski definition) is 1. The van der Waals surface area contributed by atoms with Gasteiger partial charge in [-0.15, -0.1) is 11.8 Å². The molecule has 4 heteroatoms. The van der Waals surface area contributed by atoms with Crippen molar-refractivity contribution in [2.45, 2.75) is 4.90 Å². The van der Waals surface area contributed by atoms with Gasteiger partial charge >= 0.3 is 0 Å². The van der Waals surface area contributed by atoms with Gasteiger partial charge in [0.1, 0.15) is 6.29 Å². The molecule has 0 saturated heterocycles. The minimum absolute atomic E-state index is 0.0105. The molecule has 0 saturated carbocycles. The van der Waals surface area contributed by atoms with Crippen LogP contribution in [0.3, 0.4) is 0 Å². The van der Waals surface area contributed by atoms with Gasteiger partial charge in [0.25, 0.3) is 0 Å². The molecule has 1 aromatic carbocycles. The molecule has 0 aliphatic carbocycles. The third-order valence-electron chi connectivity index (χ3n) is 1.77. The number of nitrogens with one attached hydrogen (secondary N) is 1. The molecule has 1 aliphatic rings. The smallest absolute Gasteiger partial charge is 0.234 e. The van der Waals surface area contributed by atoms with E-state index in [1.54, 1.807) is 18.2 Å². The van der Waals surface area contributed by atoms with E-state index in [1.165, 1.54) is 11.8 Å². The fraction of sp³-hybridized carbons (Fsp3) is 0.111. The van der Waals surface area contributed by atoms with Gasteiger partial charge in [0.15, 0.2) is 0 Å². The van der Waals surface area contributed by atoms with Crippen LogP contribution < -0.4 is 5.32 Å². The first-order valence-corrected chi connectivity index (χ1v) is 4.80. The molecule has 2 rings (SSSR count). The van der Waals surface area contributed by atoms with Crippen molar-refractivity contribution in [3.63, 3.8) is 0 Å². The van der Waals surface area contributed by atoms with Crippen LogP contribution in [0.1, 0.15) is 10.4 Å². The summed E-state index contributed by atoms with van der Waals surface area (Å²) < 4.78 is 0.